The summed E-state index contributed by atoms with van der Waals surface area (Å²) >= 11 is 0. The van der Waals surface area contributed by atoms with Crippen molar-refractivity contribution in [3.05, 3.63) is 65.7 Å². The summed E-state index contributed by atoms with van der Waals surface area (Å²) in [6.07, 6.45) is 1.42. The van der Waals surface area contributed by atoms with Gasteiger partial charge in [-0.15, -0.1) is 0 Å². The Kier molecular flexibility index (Phi) is 6.11. The van der Waals surface area contributed by atoms with E-state index in [1.165, 1.54) is 19.2 Å². The molecule has 0 heterocycles. The molecule has 0 fully saturated rings. The van der Waals surface area contributed by atoms with E-state index < -0.39 is 16.0 Å². The largest absolute Gasteiger partial charge is 0.465 e. The van der Waals surface area contributed by atoms with Gasteiger partial charge in [0.15, 0.2) is 0 Å². The van der Waals surface area contributed by atoms with Gasteiger partial charge in [0.05, 0.1) is 17.6 Å². The summed E-state index contributed by atoms with van der Waals surface area (Å²) in [5.41, 5.74) is 1.18. The molecule has 0 saturated carbocycles. The number of nitrogens with one attached hydrogen (secondary N) is 1. The number of aryl methyl sites for hydroxylation is 1. The molecule has 0 radical (unpaired) electrons. The molecule has 6 heteroatoms. The number of benzene rings is 2. The van der Waals surface area contributed by atoms with Crippen molar-refractivity contribution in [3.8, 4) is 0 Å². The van der Waals surface area contributed by atoms with Gasteiger partial charge in [-0.05, 0) is 37.5 Å². The molecule has 128 valence electrons. The summed E-state index contributed by atoms with van der Waals surface area (Å²) in [6.45, 7) is 1.81. The Morgan fingerprint density at radius 3 is 2.38 bits per heavy atom. The lowest BCUT2D eigenvalue weighted by Gasteiger charge is -2.15. The monoisotopic (exact) mass is 347 g/mol. The Morgan fingerprint density at radius 2 is 1.71 bits per heavy atom. The minimum Gasteiger partial charge on any atom is -0.465 e. The molecule has 1 unspecified atom stereocenters. The van der Waals surface area contributed by atoms with E-state index in [-0.39, 0.29) is 16.5 Å². The van der Waals surface area contributed by atoms with Gasteiger partial charge in [-0.2, -0.15) is 0 Å². The quantitative estimate of drug-likeness (QED) is 0.782. The van der Waals surface area contributed by atoms with Gasteiger partial charge >= 0.3 is 5.97 Å². The Morgan fingerprint density at radius 1 is 1.08 bits per heavy atom. The molecule has 0 aromatic heterocycles. The van der Waals surface area contributed by atoms with Gasteiger partial charge in [0.25, 0.3) is 0 Å². The molecule has 2 aromatic carbocycles. The first-order chi connectivity index (χ1) is 11.4. The molecule has 0 bridgehead atoms. The summed E-state index contributed by atoms with van der Waals surface area (Å²) in [5, 5.41) is 0. The summed E-state index contributed by atoms with van der Waals surface area (Å²) in [7, 11) is -2.58. The lowest BCUT2D eigenvalue weighted by atomic mass is 10.1. The fourth-order valence-electron chi connectivity index (χ4n) is 2.39. The van der Waals surface area contributed by atoms with E-state index in [9.17, 15) is 13.2 Å². The van der Waals surface area contributed by atoms with Gasteiger partial charge in [-0.1, -0.05) is 42.5 Å². The third-order valence-corrected chi connectivity index (χ3v) is 5.29. The Labute approximate surface area is 142 Å². The average molecular weight is 347 g/mol. The van der Waals surface area contributed by atoms with Crippen LogP contribution in [-0.4, -0.2) is 27.5 Å². The molecule has 0 spiro atoms. The summed E-state index contributed by atoms with van der Waals surface area (Å²) in [4.78, 5) is 11.7. The van der Waals surface area contributed by atoms with Crippen molar-refractivity contribution in [2.75, 3.05) is 7.11 Å². The number of carbonyl (C=O) groups excluding carboxylic acids is 1. The lowest BCUT2D eigenvalue weighted by Crippen LogP contribution is -2.34. The van der Waals surface area contributed by atoms with Crippen LogP contribution in [0.1, 0.15) is 29.3 Å². The van der Waals surface area contributed by atoms with Crippen molar-refractivity contribution < 1.29 is 17.9 Å². The second-order valence-corrected chi connectivity index (χ2v) is 7.22. The highest BCUT2D eigenvalue weighted by atomic mass is 32.2. The second-order valence-electron chi connectivity index (χ2n) is 5.53. The van der Waals surface area contributed by atoms with E-state index in [1.54, 1.807) is 19.1 Å². The highest BCUT2D eigenvalue weighted by molar-refractivity contribution is 7.89. The molecule has 1 N–H and O–H groups in total. The molecule has 0 amide bonds. The van der Waals surface area contributed by atoms with Crippen LogP contribution in [0, 0.1) is 0 Å². The molecule has 0 aliphatic heterocycles. The van der Waals surface area contributed by atoms with E-state index >= 15 is 0 Å². The van der Waals surface area contributed by atoms with E-state index in [2.05, 4.69) is 9.46 Å². The highest BCUT2D eigenvalue weighted by Crippen LogP contribution is 2.17. The average Bonchev–Trinajstić information content (AvgIpc) is 2.60. The normalized spacial score (nSPS) is 12.6. The zero-order valence-electron chi connectivity index (χ0n) is 13.7. The Hall–Kier alpha value is -2.18. The third-order valence-electron chi connectivity index (χ3n) is 3.65. The third kappa shape index (κ3) is 4.66. The van der Waals surface area contributed by atoms with Gasteiger partial charge in [0.2, 0.25) is 10.0 Å². The number of hydrogen-bond donors (Lipinski definition) is 1. The number of sulfonamides is 1. The van der Waals surface area contributed by atoms with Crippen molar-refractivity contribution in [3.63, 3.8) is 0 Å². The summed E-state index contributed by atoms with van der Waals surface area (Å²) in [6, 6.07) is 15.6. The number of hydrogen-bond acceptors (Lipinski definition) is 4. The van der Waals surface area contributed by atoms with E-state index in [0.717, 1.165) is 12.0 Å². The molecular weight excluding hydrogens is 326 g/mol. The van der Waals surface area contributed by atoms with Crippen LogP contribution in [0.15, 0.2) is 59.5 Å². The van der Waals surface area contributed by atoms with Gasteiger partial charge in [-0.25, -0.2) is 17.9 Å². The van der Waals surface area contributed by atoms with E-state index in [0.29, 0.717) is 6.42 Å². The van der Waals surface area contributed by atoms with E-state index in [1.807, 2.05) is 30.3 Å². The lowest BCUT2D eigenvalue weighted by molar-refractivity contribution is 0.0596. The van der Waals surface area contributed by atoms with Crippen LogP contribution in [0.5, 0.6) is 0 Å². The maximum absolute atomic E-state index is 12.6. The van der Waals surface area contributed by atoms with Crippen molar-refractivity contribution in [1.29, 1.82) is 0 Å². The zero-order valence-corrected chi connectivity index (χ0v) is 14.5. The molecule has 24 heavy (non-hydrogen) atoms. The van der Waals surface area contributed by atoms with Crippen molar-refractivity contribution in [1.82, 2.24) is 4.72 Å². The summed E-state index contributed by atoms with van der Waals surface area (Å²) < 4.78 is 32.4. The Balaban J connectivity index is 2.09. The first-order valence-electron chi connectivity index (χ1n) is 7.67. The van der Waals surface area contributed by atoms with Crippen LogP contribution >= 0.6 is 0 Å². The smallest absolute Gasteiger partial charge is 0.339 e. The maximum atomic E-state index is 12.6. The maximum Gasteiger partial charge on any atom is 0.339 e. The van der Waals surface area contributed by atoms with Gasteiger partial charge in [-0.3, -0.25) is 0 Å². The minimum absolute atomic E-state index is 0.0303. The van der Waals surface area contributed by atoms with Crippen LogP contribution in [-0.2, 0) is 21.2 Å². The predicted molar refractivity (Wildman–Crippen MR) is 92.3 cm³/mol. The Bertz CT molecular complexity index is 788. The number of ether oxygens (including phenoxy) is 1. The molecule has 0 saturated heterocycles. The van der Waals surface area contributed by atoms with Gasteiger partial charge < -0.3 is 4.74 Å². The van der Waals surface area contributed by atoms with Crippen molar-refractivity contribution in [2.24, 2.45) is 0 Å². The number of carbonyl (C=O) groups is 1. The SMILES string of the molecule is COC(=O)c1ccccc1S(=O)(=O)NC(C)CCc1ccccc1. The fourth-order valence-corrected chi connectivity index (χ4v) is 3.87. The van der Waals surface area contributed by atoms with Crippen molar-refractivity contribution >= 4 is 16.0 Å². The first-order valence-corrected chi connectivity index (χ1v) is 9.16. The first kappa shape index (κ1) is 18.2. The molecule has 1 atom stereocenters. The number of rotatable bonds is 7. The molecule has 2 rings (SSSR count). The molecular formula is C18H21NO4S. The van der Waals surface area contributed by atoms with Crippen LogP contribution < -0.4 is 4.72 Å². The van der Waals surface area contributed by atoms with Crippen molar-refractivity contribution in [2.45, 2.75) is 30.7 Å². The zero-order chi connectivity index (χ0) is 17.6. The topological polar surface area (TPSA) is 72.5 Å². The van der Waals surface area contributed by atoms with Crippen LogP contribution in [0.2, 0.25) is 0 Å². The fraction of sp³-hybridized carbons (Fsp3) is 0.278. The van der Waals surface area contributed by atoms with Gasteiger partial charge in [0, 0.05) is 6.04 Å². The second kappa shape index (κ2) is 8.08. The number of methoxy groups -OCH3 is 1. The van der Waals surface area contributed by atoms with Crippen LogP contribution in [0.25, 0.3) is 0 Å². The molecule has 5 nitrogen and oxygen atoms in total. The minimum atomic E-state index is -3.80. The highest BCUT2D eigenvalue weighted by Gasteiger charge is 2.24. The standard InChI is InChI=1S/C18H21NO4S/c1-14(12-13-15-8-4-3-5-9-15)19-24(21,22)17-11-7-6-10-16(17)18(20)23-2/h3-11,14,19H,12-13H2,1-2H3. The molecule has 2 aromatic rings. The molecule has 0 aliphatic carbocycles. The van der Waals surface area contributed by atoms with Crippen LogP contribution in [0.4, 0.5) is 0 Å². The van der Waals surface area contributed by atoms with Gasteiger partial charge in [0.1, 0.15) is 0 Å². The molecule has 0 aliphatic rings. The summed E-state index contributed by atoms with van der Waals surface area (Å²) in [5.74, 6) is -0.673. The van der Waals surface area contributed by atoms with Crippen LogP contribution in [0.3, 0.4) is 0 Å². The number of esters is 1. The predicted octanol–water partition coefficient (Wildman–Crippen LogP) is 2.77. The van der Waals surface area contributed by atoms with E-state index in [4.69, 9.17) is 0 Å².